The van der Waals surface area contributed by atoms with Crippen molar-refractivity contribution in [3.05, 3.63) is 23.8 Å². The van der Waals surface area contributed by atoms with Crippen LogP contribution in [0.25, 0.3) is 0 Å². The van der Waals surface area contributed by atoms with Crippen LogP contribution in [0.15, 0.2) is 23.1 Å². The SMILES string of the molecule is CCOc1ccc(S(=O)(=O)N2CC(NC3CCOC3)C2)cc1C. The lowest BCUT2D eigenvalue weighted by molar-refractivity contribution is 0.172. The molecule has 0 radical (unpaired) electrons. The summed E-state index contributed by atoms with van der Waals surface area (Å²) in [5.41, 5.74) is 0.839. The van der Waals surface area contributed by atoms with Crippen molar-refractivity contribution >= 4 is 10.0 Å². The Bertz CT molecular complexity index is 650. The van der Waals surface area contributed by atoms with Crippen LogP contribution in [0.5, 0.6) is 5.75 Å². The van der Waals surface area contributed by atoms with E-state index in [0.29, 0.717) is 30.6 Å². The second-order valence-corrected chi connectivity index (χ2v) is 8.04. The van der Waals surface area contributed by atoms with E-state index in [1.807, 2.05) is 13.8 Å². The van der Waals surface area contributed by atoms with Gasteiger partial charge in [0.1, 0.15) is 5.75 Å². The zero-order valence-electron chi connectivity index (χ0n) is 13.6. The number of nitrogens with one attached hydrogen (secondary N) is 1. The Balaban J connectivity index is 1.62. The normalized spacial score (nSPS) is 23.0. The van der Waals surface area contributed by atoms with E-state index in [0.717, 1.165) is 30.9 Å². The number of hydrogen-bond acceptors (Lipinski definition) is 5. The molecule has 2 aliphatic heterocycles. The van der Waals surface area contributed by atoms with Gasteiger partial charge in [0.05, 0.1) is 18.1 Å². The van der Waals surface area contributed by atoms with Crippen molar-refractivity contribution in [1.82, 2.24) is 9.62 Å². The molecule has 0 spiro atoms. The third-order valence-electron chi connectivity index (χ3n) is 4.33. The van der Waals surface area contributed by atoms with Crippen LogP contribution in [0, 0.1) is 6.92 Å². The van der Waals surface area contributed by atoms with E-state index in [2.05, 4.69) is 5.32 Å². The Morgan fingerprint density at radius 1 is 1.35 bits per heavy atom. The maximum atomic E-state index is 12.7. The van der Waals surface area contributed by atoms with Crippen LogP contribution < -0.4 is 10.1 Å². The first-order valence-corrected chi connectivity index (χ1v) is 9.52. The Hall–Kier alpha value is -1.15. The van der Waals surface area contributed by atoms with Crippen molar-refractivity contribution in [3.8, 4) is 5.75 Å². The molecule has 0 amide bonds. The summed E-state index contributed by atoms with van der Waals surface area (Å²) in [5.74, 6) is 0.732. The minimum atomic E-state index is -3.42. The van der Waals surface area contributed by atoms with Crippen LogP contribution in [0.2, 0.25) is 0 Å². The first kappa shape index (κ1) is 16.7. The van der Waals surface area contributed by atoms with E-state index >= 15 is 0 Å². The molecule has 23 heavy (non-hydrogen) atoms. The maximum Gasteiger partial charge on any atom is 0.243 e. The highest BCUT2D eigenvalue weighted by atomic mass is 32.2. The first-order chi connectivity index (χ1) is 11.0. The van der Waals surface area contributed by atoms with Gasteiger partial charge in [0.25, 0.3) is 0 Å². The van der Waals surface area contributed by atoms with Gasteiger partial charge in [-0.3, -0.25) is 0 Å². The monoisotopic (exact) mass is 340 g/mol. The van der Waals surface area contributed by atoms with Gasteiger partial charge in [0.15, 0.2) is 0 Å². The predicted molar refractivity (Wildman–Crippen MR) is 87.3 cm³/mol. The molecule has 128 valence electrons. The molecule has 0 aliphatic carbocycles. The molecule has 1 N–H and O–H groups in total. The summed E-state index contributed by atoms with van der Waals surface area (Å²) in [4.78, 5) is 0.334. The third-order valence-corrected chi connectivity index (χ3v) is 6.16. The molecule has 2 heterocycles. The third kappa shape index (κ3) is 3.52. The Morgan fingerprint density at radius 3 is 2.74 bits per heavy atom. The van der Waals surface area contributed by atoms with Gasteiger partial charge in [-0.05, 0) is 44.0 Å². The van der Waals surface area contributed by atoms with Crippen LogP contribution >= 0.6 is 0 Å². The molecule has 2 aliphatic rings. The van der Waals surface area contributed by atoms with E-state index in [-0.39, 0.29) is 6.04 Å². The van der Waals surface area contributed by atoms with Crippen molar-refractivity contribution in [1.29, 1.82) is 0 Å². The molecule has 2 fully saturated rings. The molecule has 1 unspecified atom stereocenters. The Labute approximate surface area is 137 Å². The zero-order chi connectivity index (χ0) is 16.4. The van der Waals surface area contributed by atoms with Gasteiger partial charge in [0, 0.05) is 31.8 Å². The Morgan fingerprint density at radius 2 is 2.13 bits per heavy atom. The molecule has 1 aromatic rings. The molecule has 6 nitrogen and oxygen atoms in total. The number of nitrogens with zero attached hydrogens (tertiary/aromatic N) is 1. The second-order valence-electron chi connectivity index (χ2n) is 6.11. The summed E-state index contributed by atoms with van der Waals surface area (Å²) in [6.07, 6.45) is 1.00. The van der Waals surface area contributed by atoms with Gasteiger partial charge in [0.2, 0.25) is 10.0 Å². The van der Waals surface area contributed by atoms with Gasteiger partial charge in [-0.1, -0.05) is 0 Å². The molecule has 0 bridgehead atoms. The highest BCUT2D eigenvalue weighted by molar-refractivity contribution is 7.89. The van der Waals surface area contributed by atoms with Gasteiger partial charge in [-0.2, -0.15) is 4.31 Å². The van der Waals surface area contributed by atoms with E-state index < -0.39 is 10.0 Å². The van der Waals surface area contributed by atoms with Crippen molar-refractivity contribution in [2.45, 2.75) is 37.2 Å². The number of benzene rings is 1. The first-order valence-electron chi connectivity index (χ1n) is 8.08. The molecule has 1 aromatic carbocycles. The smallest absolute Gasteiger partial charge is 0.243 e. The number of hydrogen-bond donors (Lipinski definition) is 1. The molecule has 0 aromatic heterocycles. The van der Waals surface area contributed by atoms with Crippen LogP contribution in [0.1, 0.15) is 18.9 Å². The average molecular weight is 340 g/mol. The number of sulfonamides is 1. The number of ether oxygens (including phenoxy) is 2. The summed E-state index contributed by atoms with van der Waals surface area (Å²) in [6.45, 7) is 6.89. The lowest BCUT2D eigenvalue weighted by Gasteiger charge is -2.39. The lowest BCUT2D eigenvalue weighted by Crippen LogP contribution is -2.61. The predicted octanol–water partition coefficient (Wildman–Crippen LogP) is 1.15. The van der Waals surface area contributed by atoms with E-state index in [1.165, 1.54) is 4.31 Å². The molecule has 7 heteroatoms. The second kappa shape index (κ2) is 6.76. The van der Waals surface area contributed by atoms with Gasteiger partial charge < -0.3 is 14.8 Å². The van der Waals surface area contributed by atoms with Gasteiger partial charge in [-0.25, -0.2) is 8.42 Å². The topological polar surface area (TPSA) is 67.9 Å². The molecule has 2 saturated heterocycles. The largest absolute Gasteiger partial charge is 0.494 e. The number of aryl methyl sites for hydroxylation is 1. The highest BCUT2D eigenvalue weighted by Gasteiger charge is 2.38. The minimum Gasteiger partial charge on any atom is -0.494 e. The molecule has 0 saturated carbocycles. The molecule has 3 rings (SSSR count). The van der Waals surface area contributed by atoms with E-state index in [4.69, 9.17) is 9.47 Å². The van der Waals surface area contributed by atoms with E-state index in [1.54, 1.807) is 18.2 Å². The summed E-state index contributed by atoms with van der Waals surface area (Å²) in [7, 11) is -3.42. The summed E-state index contributed by atoms with van der Waals surface area (Å²) < 4.78 is 37.6. The van der Waals surface area contributed by atoms with Crippen LogP contribution in [0.4, 0.5) is 0 Å². The summed E-state index contributed by atoms with van der Waals surface area (Å²) >= 11 is 0. The minimum absolute atomic E-state index is 0.222. The van der Waals surface area contributed by atoms with Crippen LogP contribution in [0.3, 0.4) is 0 Å². The maximum absolute atomic E-state index is 12.7. The fourth-order valence-corrected chi connectivity index (χ4v) is 4.60. The van der Waals surface area contributed by atoms with Gasteiger partial charge in [-0.15, -0.1) is 0 Å². The average Bonchev–Trinajstić information content (AvgIpc) is 2.97. The van der Waals surface area contributed by atoms with Crippen LogP contribution in [-0.2, 0) is 14.8 Å². The lowest BCUT2D eigenvalue weighted by atomic mass is 10.1. The quantitative estimate of drug-likeness (QED) is 0.841. The fourth-order valence-electron chi connectivity index (χ4n) is 2.99. The number of rotatable bonds is 6. The molecule has 1 atom stereocenters. The van der Waals surface area contributed by atoms with E-state index in [9.17, 15) is 8.42 Å². The van der Waals surface area contributed by atoms with Crippen molar-refractivity contribution < 1.29 is 17.9 Å². The van der Waals surface area contributed by atoms with Crippen molar-refractivity contribution in [2.24, 2.45) is 0 Å². The molecular formula is C16H24N2O4S. The van der Waals surface area contributed by atoms with Crippen molar-refractivity contribution in [3.63, 3.8) is 0 Å². The van der Waals surface area contributed by atoms with Crippen molar-refractivity contribution in [2.75, 3.05) is 32.9 Å². The fraction of sp³-hybridized carbons (Fsp3) is 0.625. The van der Waals surface area contributed by atoms with Gasteiger partial charge >= 0.3 is 0 Å². The van der Waals surface area contributed by atoms with Crippen LogP contribution in [-0.4, -0.2) is 57.7 Å². The standard InChI is InChI=1S/C16H24N2O4S/c1-3-22-16-5-4-15(8-12(16)2)23(19,20)18-9-14(10-18)17-13-6-7-21-11-13/h4-5,8,13-14,17H,3,6-7,9-11H2,1-2H3. The highest BCUT2D eigenvalue weighted by Crippen LogP contribution is 2.26. The molecular weight excluding hydrogens is 316 g/mol. The summed E-state index contributed by atoms with van der Waals surface area (Å²) in [6, 6.07) is 5.62. The Kier molecular flexibility index (Phi) is 4.91. The zero-order valence-corrected chi connectivity index (χ0v) is 14.4. The summed E-state index contributed by atoms with van der Waals surface area (Å²) in [5, 5.41) is 3.45.